The molecular weight excluding hydrogens is 244 g/mol. The molecular formula is C18H30N2. The molecule has 1 unspecified atom stereocenters. The number of rotatable bonds is 7. The molecule has 0 saturated carbocycles. The van der Waals surface area contributed by atoms with Gasteiger partial charge in [0.1, 0.15) is 0 Å². The average molecular weight is 274 g/mol. The van der Waals surface area contributed by atoms with Crippen LogP contribution in [0.15, 0.2) is 30.3 Å². The van der Waals surface area contributed by atoms with Gasteiger partial charge in [-0.15, -0.1) is 0 Å². The van der Waals surface area contributed by atoms with Crippen LogP contribution < -0.4 is 5.32 Å². The molecule has 2 nitrogen and oxygen atoms in total. The van der Waals surface area contributed by atoms with Crippen molar-refractivity contribution in [3.8, 4) is 0 Å². The van der Waals surface area contributed by atoms with Gasteiger partial charge < -0.3 is 5.32 Å². The first-order valence-corrected chi connectivity index (χ1v) is 8.14. The van der Waals surface area contributed by atoms with Crippen LogP contribution in [0, 0.1) is 5.41 Å². The summed E-state index contributed by atoms with van der Waals surface area (Å²) in [4.78, 5) is 2.65. The van der Waals surface area contributed by atoms with Gasteiger partial charge >= 0.3 is 0 Å². The lowest BCUT2D eigenvalue weighted by atomic mass is 9.81. The predicted molar refractivity (Wildman–Crippen MR) is 86.8 cm³/mol. The second-order valence-electron chi connectivity index (χ2n) is 6.66. The van der Waals surface area contributed by atoms with Crippen LogP contribution in [0.2, 0.25) is 0 Å². The summed E-state index contributed by atoms with van der Waals surface area (Å²) in [6, 6.07) is 11.5. The molecule has 1 fully saturated rings. The number of benzene rings is 1. The Morgan fingerprint density at radius 1 is 1.25 bits per heavy atom. The van der Waals surface area contributed by atoms with Crippen molar-refractivity contribution in [2.45, 2.75) is 52.6 Å². The molecule has 2 heteroatoms. The molecule has 112 valence electrons. The van der Waals surface area contributed by atoms with Crippen LogP contribution in [-0.4, -0.2) is 30.6 Å². The van der Waals surface area contributed by atoms with Crippen molar-refractivity contribution in [3.63, 3.8) is 0 Å². The van der Waals surface area contributed by atoms with E-state index < -0.39 is 0 Å². The summed E-state index contributed by atoms with van der Waals surface area (Å²) in [7, 11) is 0. The number of hydrogen-bond donors (Lipinski definition) is 1. The van der Waals surface area contributed by atoms with Gasteiger partial charge in [0.2, 0.25) is 0 Å². The fourth-order valence-electron chi connectivity index (χ4n) is 3.42. The van der Waals surface area contributed by atoms with E-state index in [1.807, 2.05) is 0 Å². The zero-order chi connectivity index (χ0) is 14.4. The highest BCUT2D eigenvalue weighted by atomic mass is 15.2. The van der Waals surface area contributed by atoms with Crippen molar-refractivity contribution in [1.29, 1.82) is 0 Å². The van der Waals surface area contributed by atoms with Gasteiger partial charge in [-0.3, -0.25) is 4.90 Å². The van der Waals surface area contributed by atoms with Gasteiger partial charge in [-0.2, -0.15) is 0 Å². The van der Waals surface area contributed by atoms with E-state index in [0.717, 1.165) is 6.54 Å². The topological polar surface area (TPSA) is 15.3 Å². The monoisotopic (exact) mass is 274 g/mol. The van der Waals surface area contributed by atoms with Crippen LogP contribution >= 0.6 is 0 Å². The van der Waals surface area contributed by atoms with Crippen molar-refractivity contribution in [3.05, 3.63) is 35.9 Å². The molecule has 1 atom stereocenters. The van der Waals surface area contributed by atoms with Crippen LogP contribution in [-0.2, 0) is 6.54 Å². The maximum atomic E-state index is 3.58. The third-order valence-electron chi connectivity index (χ3n) is 4.61. The summed E-state index contributed by atoms with van der Waals surface area (Å²) in [5, 5.41) is 3.58. The third-order valence-corrected chi connectivity index (χ3v) is 4.61. The highest BCUT2D eigenvalue weighted by Gasteiger charge is 2.35. The highest BCUT2D eigenvalue weighted by Crippen LogP contribution is 2.33. The van der Waals surface area contributed by atoms with Crippen LogP contribution in [0.3, 0.4) is 0 Å². The summed E-state index contributed by atoms with van der Waals surface area (Å²) in [6.07, 6.45) is 3.97. The van der Waals surface area contributed by atoms with Gasteiger partial charge in [0.05, 0.1) is 0 Å². The Morgan fingerprint density at radius 2 is 2.00 bits per heavy atom. The standard InChI is InChI=1S/C18H30N2/c1-4-10-18(11-12-19-14-18)15-20(16(2)3)13-17-8-6-5-7-9-17/h5-9,16,19H,4,10-15H2,1-3H3. The molecule has 1 N–H and O–H groups in total. The van der Waals surface area contributed by atoms with Crippen molar-refractivity contribution in [2.24, 2.45) is 5.41 Å². The molecule has 1 saturated heterocycles. The first-order chi connectivity index (χ1) is 9.65. The first kappa shape index (κ1) is 15.5. The van der Waals surface area contributed by atoms with Crippen LogP contribution in [0.25, 0.3) is 0 Å². The Hall–Kier alpha value is -0.860. The molecule has 2 rings (SSSR count). The van der Waals surface area contributed by atoms with E-state index in [-0.39, 0.29) is 0 Å². The molecule has 0 amide bonds. The first-order valence-electron chi connectivity index (χ1n) is 8.14. The molecule has 0 aliphatic carbocycles. The van der Waals surface area contributed by atoms with Crippen LogP contribution in [0.5, 0.6) is 0 Å². The molecule has 0 spiro atoms. The molecule has 1 aromatic carbocycles. The summed E-state index contributed by atoms with van der Waals surface area (Å²) in [6.45, 7) is 11.6. The highest BCUT2D eigenvalue weighted by molar-refractivity contribution is 5.14. The minimum absolute atomic E-state index is 0.494. The van der Waals surface area contributed by atoms with E-state index in [0.29, 0.717) is 11.5 Å². The van der Waals surface area contributed by atoms with Gasteiger partial charge in [0, 0.05) is 25.7 Å². The molecule has 1 aromatic rings. The lowest BCUT2D eigenvalue weighted by molar-refractivity contribution is 0.118. The molecule has 1 heterocycles. The van der Waals surface area contributed by atoms with E-state index in [1.165, 1.54) is 44.5 Å². The molecule has 20 heavy (non-hydrogen) atoms. The molecule has 0 radical (unpaired) electrons. The SMILES string of the molecule is CCCC1(CN(Cc2ccccc2)C(C)C)CCNC1. The van der Waals surface area contributed by atoms with Crippen molar-refractivity contribution >= 4 is 0 Å². The third kappa shape index (κ3) is 4.07. The predicted octanol–water partition coefficient (Wildman–Crippen LogP) is 3.68. The van der Waals surface area contributed by atoms with E-state index in [9.17, 15) is 0 Å². The molecule has 0 aromatic heterocycles. The van der Waals surface area contributed by atoms with Gasteiger partial charge in [-0.1, -0.05) is 43.7 Å². The zero-order valence-corrected chi connectivity index (χ0v) is 13.4. The lowest BCUT2D eigenvalue weighted by Gasteiger charge is -2.37. The maximum Gasteiger partial charge on any atom is 0.0236 e. The van der Waals surface area contributed by atoms with Crippen LogP contribution in [0.1, 0.15) is 45.6 Å². The van der Waals surface area contributed by atoms with Crippen LogP contribution in [0.4, 0.5) is 0 Å². The number of nitrogens with one attached hydrogen (secondary N) is 1. The largest absolute Gasteiger partial charge is 0.316 e. The minimum atomic E-state index is 0.494. The van der Waals surface area contributed by atoms with Crippen molar-refractivity contribution in [1.82, 2.24) is 10.2 Å². The Bertz CT molecular complexity index is 380. The zero-order valence-electron chi connectivity index (χ0n) is 13.4. The van der Waals surface area contributed by atoms with Gasteiger partial charge in [-0.05, 0) is 44.2 Å². The summed E-state index contributed by atoms with van der Waals surface area (Å²) < 4.78 is 0. The normalized spacial score (nSPS) is 22.9. The summed E-state index contributed by atoms with van der Waals surface area (Å²) in [5.41, 5.74) is 1.92. The number of nitrogens with zero attached hydrogens (tertiary/aromatic N) is 1. The summed E-state index contributed by atoms with van der Waals surface area (Å²) in [5.74, 6) is 0. The maximum absolute atomic E-state index is 3.58. The Morgan fingerprint density at radius 3 is 2.55 bits per heavy atom. The fourth-order valence-corrected chi connectivity index (χ4v) is 3.42. The average Bonchev–Trinajstić information content (AvgIpc) is 2.88. The van der Waals surface area contributed by atoms with Gasteiger partial charge in [-0.25, -0.2) is 0 Å². The lowest BCUT2D eigenvalue weighted by Crippen LogP contribution is -2.42. The minimum Gasteiger partial charge on any atom is -0.316 e. The summed E-state index contributed by atoms with van der Waals surface area (Å²) >= 11 is 0. The molecule has 1 aliphatic heterocycles. The Kier molecular flexibility index (Phi) is 5.62. The van der Waals surface area contributed by atoms with E-state index in [4.69, 9.17) is 0 Å². The fraction of sp³-hybridized carbons (Fsp3) is 0.667. The van der Waals surface area contributed by atoms with Gasteiger partial charge in [0.15, 0.2) is 0 Å². The Balaban J connectivity index is 2.04. The van der Waals surface area contributed by atoms with Gasteiger partial charge in [0.25, 0.3) is 0 Å². The Labute approximate surface area is 124 Å². The van der Waals surface area contributed by atoms with Crippen molar-refractivity contribution in [2.75, 3.05) is 19.6 Å². The number of hydrogen-bond acceptors (Lipinski definition) is 2. The van der Waals surface area contributed by atoms with E-state index in [2.05, 4.69) is 61.3 Å². The second kappa shape index (κ2) is 7.24. The van der Waals surface area contributed by atoms with E-state index in [1.54, 1.807) is 0 Å². The quantitative estimate of drug-likeness (QED) is 0.816. The molecule has 0 bridgehead atoms. The molecule has 1 aliphatic rings. The smallest absolute Gasteiger partial charge is 0.0236 e. The second-order valence-corrected chi connectivity index (χ2v) is 6.66. The van der Waals surface area contributed by atoms with Crippen molar-refractivity contribution < 1.29 is 0 Å². The van der Waals surface area contributed by atoms with E-state index >= 15 is 0 Å².